The van der Waals surface area contributed by atoms with E-state index in [0.717, 1.165) is 0 Å². The minimum absolute atomic E-state index is 0.242. The van der Waals surface area contributed by atoms with Gasteiger partial charge in [0.05, 0.1) is 37.3 Å². The predicted molar refractivity (Wildman–Crippen MR) is 120 cm³/mol. The number of morpholine rings is 1. The third kappa shape index (κ3) is 4.08. The zero-order chi connectivity index (χ0) is 22.8. The second-order valence-corrected chi connectivity index (χ2v) is 7.38. The van der Waals surface area contributed by atoms with E-state index in [4.69, 9.17) is 9.47 Å². The number of benzene rings is 1. The first-order chi connectivity index (χ1) is 16.1. The molecule has 1 N–H and O–H groups in total. The Morgan fingerprint density at radius 1 is 1.15 bits per heavy atom. The number of rotatable bonds is 5. The summed E-state index contributed by atoms with van der Waals surface area (Å²) in [6.07, 6.45) is 6.18. The summed E-state index contributed by atoms with van der Waals surface area (Å²) >= 11 is 0. The van der Waals surface area contributed by atoms with Crippen LogP contribution in [0.25, 0.3) is 17.5 Å². The van der Waals surface area contributed by atoms with Crippen molar-refractivity contribution in [3.63, 3.8) is 0 Å². The van der Waals surface area contributed by atoms with Crippen LogP contribution in [0.5, 0.6) is 5.88 Å². The normalized spacial score (nSPS) is 15.1. The second kappa shape index (κ2) is 8.83. The number of amides is 1. The summed E-state index contributed by atoms with van der Waals surface area (Å²) in [6.45, 7) is 2.38. The number of anilines is 3. The molecule has 33 heavy (non-hydrogen) atoms. The van der Waals surface area contributed by atoms with Gasteiger partial charge in [-0.3, -0.25) is 4.79 Å². The molecule has 2 aliphatic rings. The van der Waals surface area contributed by atoms with E-state index in [9.17, 15) is 9.18 Å². The Labute approximate surface area is 189 Å². The highest BCUT2D eigenvalue weighted by Gasteiger charge is 2.24. The quantitative estimate of drug-likeness (QED) is 0.637. The molecule has 3 aromatic rings. The second-order valence-electron chi connectivity index (χ2n) is 7.38. The van der Waals surface area contributed by atoms with Gasteiger partial charge in [0, 0.05) is 37.4 Å². The molecular weight excluding hydrogens is 427 g/mol. The third-order valence-electron chi connectivity index (χ3n) is 5.37. The summed E-state index contributed by atoms with van der Waals surface area (Å²) in [5.41, 5.74) is 2.73. The Kier molecular flexibility index (Phi) is 5.57. The zero-order valence-corrected chi connectivity index (χ0v) is 17.8. The van der Waals surface area contributed by atoms with Crippen molar-refractivity contribution in [3.8, 4) is 17.3 Å². The average Bonchev–Trinajstić information content (AvgIpc) is 2.84. The van der Waals surface area contributed by atoms with Gasteiger partial charge in [0.15, 0.2) is 5.69 Å². The number of carbonyl (C=O) groups excluding carboxylic acids is 1. The number of fused-ring (bicyclic) bond motifs is 1. The van der Waals surface area contributed by atoms with Crippen LogP contribution in [0.15, 0.2) is 42.9 Å². The molecule has 1 radical (unpaired) electrons. The zero-order valence-electron chi connectivity index (χ0n) is 17.8. The van der Waals surface area contributed by atoms with Crippen molar-refractivity contribution in [1.29, 1.82) is 0 Å². The molecule has 167 valence electrons. The number of nitrogens with one attached hydrogen (secondary N) is 1. The Bertz CT molecular complexity index is 1240. The van der Waals surface area contributed by atoms with Crippen molar-refractivity contribution >= 4 is 29.2 Å². The standard InChI is InChI=1S/C23H20FN6O3/c1-32-23-20(25-6-7-27-23)17-12-14-4-5-26-22(31)19(14)21(29-17)28-15-2-3-18(16(24)13-15)30-8-10-33-11-9-30/h2-7,12-13H,8-11H2,1H3,(H,28,29). The van der Waals surface area contributed by atoms with Gasteiger partial charge in [0.2, 0.25) is 5.88 Å². The summed E-state index contributed by atoms with van der Waals surface area (Å²) in [5, 5.41) is 6.94. The van der Waals surface area contributed by atoms with E-state index in [2.05, 4.69) is 25.6 Å². The minimum Gasteiger partial charge on any atom is -0.479 e. The molecule has 0 saturated carbocycles. The van der Waals surface area contributed by atoms with Gasteiger partial charge in [-0.2, -0.15) is 0 Å². The monoisotopic (exact) mass is 447 g/mol. The highest BCUT2D eigenvalue weighted by molar-refractivity contribution is 6.05. The SMILES string of the molecule is COc1nccnc1-c1cc2c(c(Nc3ccc(N4CCOCC4)c(F)c3)n1)C(=O)[N]C=C2. The van der Waals surface area contributed by atoms with E-state index >= 15 is 0 Å². The van der Waals surface area contributed by atoms with Crippen molar-refractivity contribution < 1.29 is 18.7 Å². The van der Waals surface area contributed by atoms with E-state index in [1.165, 1.54) is 31.8 Å². The largest absolute Gasteiger partial charge is 0.479 e. The van der Waals surface area contributed by atoms with Gasteiger partial charge >= 0.3 is 0 Å². The number of methoxy groups -OCH3 is 1. The number of hydrogen-bond acceptors (Lipinski definition) is 8. The summed E-state index contributed by atoms with van der Waals surface area (Å²) in [7, 11) is 1.49. The molecule has 2 aliphatic heterocycles. The molecule has 1 amide bonds. The number of hydrogen-bond donors (Lipinski definition) is 1. The molecule has 0 unspecified atom stereocenters. The van der Waals surface area contributed by atoms with Crippen molar-refractivity contribution in [3.05, 3.63) is 59.8 Å². The predicted octanol–water partition coefficient (Wildman–Crippen LogP) is 3.00. The van der Waals surface area contributed by atoms with Crippen LogP contribution in [0.3, 0.4) is 0 Å². The highest BCUT2D eigenvalue weighted by atomic mass is 19.1. The van der Waals surface area contributed by atoms with Crippen molar-refractivity contribution in [2.75, 3.05) is 43.6 Å². The van der Waals surface area contributed by atoms with Gasteiger partial charge in [0.1, 0.15) is 11.6 Å². The minimum atomic E-state index is -0.439. The molecule has 1 saturated heterocycles. The Morgan fingerprint density at radius 3 is 2.76 bits per heavy atom. The summed E-state index contributed by atoms with van der Waals surface area (Å²) in [5.74, 6) is -0.275. The molecule has 0 spiro atoms. The summed E-state index contributed by atoms with van der Waals surface area (Å²) in [4.78, 5) is 27.6. The Balaban J connectivity index is 1.54. The molecule has 5 rings (SSSR count). The summed E-state index contributed by atoms with van der Waals surface area (Å²) in [6, 6.07) is 6.56. The number of aromatic nitrogens is 3. The van der Waals surface area contributed by atoms with Gasteiger partial charge in [-0.15, -0.1) is 0 Å². The molecule has 0 atom stereocenters. The number of carbonyl (C=O) groups is 1. The van der Waals surface area contributed by atoms with Crippen LogP contribution < -0.4 is 20.3 Å². The van der Waals surface area contributed by atoms with Gasteiger partial charge < -0.3 is 19.7 Å². The molecular formula is C23H20FN6O3. The average molecular weight is 447 g/mol. The highest BCUT2D eigenvalue weighted by Crippen LogP contribution is 2.33. The fraction of sp³-hybridized carbons (Fsp3) is 0.217. The fourth-order valence-corrected chi connectivity index (χ4v) is 3.82. The maximum Gasteiger partial charge on any atom is 0.281 e. The van der Waals surface area contributed by atoms with Crippen LogP contribution in [-0.4, -0.2) is 54.3 Å². The smallest absolute Gasteiger partial charge is 0.281 e. The van der Waals surface area contributed by atoms with E-state index < -0.39 is 5.91 Å². The van der Waals surface area contributed by atoms with Crippen LogP contribution in [0, 0.1) is 5.82 Å². The first-order valence-electron chi connectivity index (χ1n) is 10.4. The lowest BCUT2D eigenvalue weighted by Crippen LogP contribution is -2.36. The van der Waals surface area contributed by atoms with Crippen LogP contribution in [0.1, 0.15) is 15.9 Å². The molecule has 1 aromatic carbocycles. The number of ether oxygens (including phenoxy) is 2. The molecule has 0 aliphatic carbocycles. The first kappa shape index (κ1) is 20.8. The maximum absolute atomic E-state index is 14.9. The summed E-state index contributed by atoms with van der Waals surface area (Å²) < 4.78 is 25.6. The molecule has 4 heterocycles. The number of nitrogens with zero attached hydrogens (tertiary/aromatic N) is 5. The molecule has 1 fully saturated rings. The molecule has 0 bridgehead atoms. The van der Waals surface area contributed by atoms with Crippen molar-refractivity contribution in [2.45, 2.75) is 0 Å². The Hall–Kier alpha value is -4.05. The van der Waals surface area contributed by atoms with Crippen LogP contribution >= 0.6 is 0 Å². The molecule has 2 aromatic heterocycles. The lowest BCUT2D eigenvalue weighted by molar-refractivity contribution is 0.0965. The van der Waals surface area contributed by atoms with Gasteiger partial charge in [-0.1, -0.05) is 0 Å². The van der Waals surface area contributed by atoms with Gasteiger partial charge in [-0.05, 0) is 35.9 Å². The lowest BCUT2D eigenvalue weighted by atomic mass is 10.0. The van der Waals surface area contributed by atoms with E-state index in [0.29, 0.717) is 66.1 Å². The van der Waals surface area contributed by atoms with E-state index in [-0.39, 0.29) is 11.6 Å². The van der Waals surface area contributed by atoms with Crippen molar-refractivity contribution in [2.24, 2.45) is 0 Å². The number of halogens is 1. The van der Waals surface area contributed by atoms with Gasteiger partial charge in [-0.25, -0.2) is 24.7 Å². The molecule has 10 heteroatoms. The first-order valence-corrected chi connectivity index (χ1v) is 10.4. The third-order valence-corrected chi connectivity index (χ3v) is 5.37. The number of pyridine rings is 1. The van der Waals surface area contributed by atoms with Crippen LogP contribution in [0.4, 0.5) is 21.6 Å². The lowest BCUT2D eigenvalue weighted by Gasteiger charge is -2.29. The van der Waals surface area contributed by atoms with Gasteiger partial charge in [0.25, 0.3) is 5.91 Å². The Morgan fingerprint density at radius 2 is 1.97 bits per heavy atom. The van der Waals surface area contributed by atoms with E-state index in [1.807, 2.05) is 4.90 Å². The van der Waals surface area contributed by atoms with Crippen LogP contribution in [-0.2, 0) is 4.74 Å². The topological polar surface area (TPSA) is 104 Å². The maximum atomic E-state index is 14.9. The van der Waals surface area contributed by atoms with Crippen molar-refractivity contribution in [1.82, 2.24) is 20.3 Å². The fourth-order valence-electron chi connectivity index (χ4n) is 3.82. The van der Waals surface area contributed by atoms with E-state index in [1.54, 1.807) is 24.3 Å². The molecule has 9 nitrogen and oxygen atoms in total. The van der Waals surface area contributed by atoms with Crippen LogP contribution in [0.2, 0.25) is 0 Å².